The lowest BCUT2D eigenvalue weighted by Crippen LogP contribution is -2.36. The van der Waals surface area contributed by atoms with Gasteiger partial charge < -0.3 is 4.90 Å². The van der Waals surface area contributed by atoms with Crippen LogP contribution in [0.1, 0.15) is 6.42 Å². The van der Waals surface area contributed by atoms with Crippen molar-refractivity contribution in [2.45, 2.75) is 13.0 Å². The fraction of sp³-hybridized carbons (Fsp3) is 0.400. The minimum Gasteiger partial charge on any atom is -0.341 e. The third-order valence-corrected chi connectivity index (χ3v) is 5.08. The first-order valence-corrected chi connectivity index (χ1v) is 9.27. The van der Waals surface area contributed by atoms with Gasteiger partial charge in [-0.05, 0) is 24.5 Å². The molecule has 1 aliphatic rings. The minimum atomic E-state index is -3.55. The molecule has 2 N–H and O–H groups in total. The van der Waals surface area contributed by atoms with Gasteiger partial charge in [-0.15, -0.1) is 0 Å². The number of nitrogens with two attached hydrogens (primary N) is 1. The number of fused-ring (bicyclic) bond motifs is 1. The lowest BCUT2D eigenvalue weighted by molar-refractivity contribution is -0.130. The molecule has 9 heteroatoms. The van der Waals surface area contributed by atoms with Gasteiger partial charge >= 0.3 is 0 Å². The largest absolute Gasteiger partial charge is 0.341 e. The Balaban J connectivity index is 1.72. The van der Waals surface area contributed by atoms with E-state index in [0.29, 0.717) is 30.4 Å². The van der Waals surface area contributed by atoms with Crippen LogP contribution >= 0.6 is 0 Å². The highest BCUT2D eigenvalue weighted by atomic mass is 32.2. The number of sulfonamides is 1. The SMILES string of the molecule is NS(=O)(=O)C[C@@H]1CCN(C(=O)Cn2cnc3ccccc3c2=O)C1. The predicted molar refractivity (Wildman–Crippen MR) is 88.7 cm³/mol. The summed E-state index contributed by atoms with van der Waals surface area (Å²) in [7, 11) is -3.55. The van der Waals surface area contributed by atoms with E-state index in [2.05, 4.69) is 4.98 Å². The Labute approximate surface area is 138 Å². The van der Waals surface area contributed by atoms with Crippen molar-refractivity contribution in [2.24, 2.45) is 11.1 Å². The molecule has 1 saturated heterocycles. The van der Waals surface area contributed by atoms with Crippen LogP contribution in [0.3, 0.4) is 0 Å². The van der Waals surface area contributed by atoms with E-state index in [1.54, 1.807) is 29.2 Å². The summed E-state index contributed by atoms with van der Waals surface area (Å²) in [5, 5.41) is 5.51. The zero-order valence-electron chi connectivity index (χ0n) is 13.0. The third-order valence-electron chi connectivity index (χ3n) is 4.14. The van der Waals surface area contributed by atoms with E-state index in [0.717, 1.165) is 0 Å². The molecule has 0 bridgehead atoms. The Morgan fingerprint density at radius 1 is 1.33 bits per heavy atom. The Bertz CT molecular complexity index is 938. The standard InChI is InChI=1S/C15H18N4O4S/c16-24(22,23)9-11-5-6-18(7-11)14(20)8-19-10-17-13-4-2-1-3-12(13)15(19)21/h1-4,10-11H,5-9H2,(H2,16,22,23)/t11-/m1/s1. The van der Waals surface area contributed by atoms with Gasteiger partial charge in [-0.2, -0.15) is 0 Å². The molecule has 1 aliphatic heterocycles. The van der Waals surface area contributed by atoms with Gasteiger partial charge in [0.05, 0.1) is 23.0 Å². The van der Waals surface area contributed by atoms with Gasteiger partial charge in [0, 0.05) is 13.1 Å². The zero-order valence-corrected chi connectivity index (χ0v) is 13.8. The number of carbonyl (C=O) groups is 1. The lowest BCUT2D eigenvalue weighted by Gasteiger charge is -2.17. The van der Waals surface area contributed by atoms with Crippen molar-refractivity contribution < 1.29 is 13.2 Å². The maximum Gasteiger partial charge on any atom is 0.261 e. The molecule has 0 aliphatic carbocycles. The molecule has 24 heavy (non-hydrogen) atoms. The quantitative estimate of drug-likeness (QED) is 0.801. The summed E-state index contributed by atoms with van der Waals surface area (Å²) in [5.74, 6) is -0.518. The van der Waals surface area contributed by atoms with E-state index in [4.69, 9.17) is 5.14 Å². The van der Waals surface area contributed by atoms with Crippen LogP contribution in [-0.2, 0) is 21.4 Å². The number of carbonyl (C=O) groups excluding carboxylic acids is 1. The predicted octanol–water partition coefficient (Wildman–Crippen LogP) is -0.466. The number of nitrogens with zero attached hydrogens (tertiary/aromatic N) is 3. The van der Waals surface area contributed by atoms with Crippen LogP contribution in [0, 0.1) is 5.92 Å². The normalized spacial score (nSPS) is 18.2. The number of hydrogen-bond acceptors (Lipinski definition) is 5. The summed E-state index contributed by atoms with van der Waals surface area (Å²) < 4.78 is 23.6. The van der Waals surface area contributed by atoms with Gasteiger partial charge in [-0.3, -0.25) is 14.2 Å². The van der Waals surface area contributed by atoms with E-state index in [1.807, 2.05) is 0 Å². The van der Waals surface area contributed by atoms with Crippen molar-refractivity contribution in [3.05, 3.63) is 40.9 Å². The molecule has 0 spiro atoms. The number of aromatic nitrogens is 2. The van der Waals surface area contributed by atoms with Crippen LogP contribution in [0.2, 0.25) is 0 Å². The molecule has 1 atom stereocenters. The van der Waals surface area contributed by atoms with Crippen molar-refractivity contribution in [3.8, 4) is 0 Å². The highest BCUT2D eigenvalue weighted by Crippen LogP contribution is 2.17. The number of likely N-dealkylation sites (tertiary alicyclic amines) is 1. The van der Waals surface area contributed by atoms with Gasteiger partial charge in [-0.1, -0.05) is 12.1 Å². The summed E-state index contributed by atoms with van der Waals surface area (Å²) >= 11 is 0. The fourth-order valence-electron chi connectivity index (χ4n) is 2.99. The van der Waals surface area contributed by atoms with Gasteiger partial charge in [-0.25, -0.2) is 18.5 Å². The highest BCUT2D eigenvalue weighted by Gasteiger charge is 2.28. The van der Waals surface area contributed by atoms with Crippen LogP contribution in [0.4, 0.5) is 0 Å². The molecule has 1 amide bonds. The topological polar surface area (TPSA) is 115 Å². The first-order chi connectivity index (χ1) is 11.3. The van der Waals surface area contributed by atoms with E-state index in [-0.39, 0.29) is 29.7 Å². The van der Waals surface area contributed by atoms with Gasteiger partial charge in [0.2, 0.25) is 15.9 Å². The maximum atomic E-state index is 12.4. The summed E-state index contributed by atoms with van der Waals surface area (Å²) in [5.41, 5.74) is 0.315. The molecule has 0 radical (unpaired) electrons. The number of rotatable bonds is 4. The van der Waals surface area contributed by atoms with Crippen LogP contribution in [0.25, 0.3) is 10.9 Å². The third kappa shape index (κ3) is 3.62. The molecule has 2 heterocycles. The molecule has 1 fully saturated rings. The lowest BCUT2D eigenvalue weighted by atomic mass is 10.2. The van der Waals surface area contributed by atoms with Gasteiger partial charge in [0.15, 0.2) is 0 Å². The molecule has 3 rings (SSSR count). The molecule has 1 aromatic heterocycles. The number of hydrogen-bond donors (Lipinski definition) is 1. The van der Waals surface area contributed by atoms with Crippen LogP contribution < -0.4 is 10.7 Å². The number of amides is 1. The van der Waals surface area contributed by atoms with Crippen LogP contribution in [0.5, 0.6) is 0 Å². The molecule has 1 aromatic carbocycles. The second-order valence-electron chi connectivity index (χ2n) is 6.02. The Hall–Kier alpha value is -2.26. The maximum absolute atomic E-state index is 12.4. The van der Waals surface area contributed by atoms with E-state index >= 15 is 0 Å². The summed E-state index contributed by atoms with van der Waals surface area (Å²) in [6, 6.07) is 6.95. The first-order valence-electron chi connectivity index (χ1n) is 7.56. The fourth-order valence-corrected chi connectivity index (χ4v) is 3.92. The Morgan fingerprint density at radius 3 is 2.83 bits per heavy atom. The molecule has 8 nitrogen and oxygen atoms in total. The molecule has 2 aromatic rings. The number of para-hydroxylation sites is 1. The minimum absolute atomic E-state index is 0.112. The average Bonchev–Trinajstić information content (AvgIpc) is 2.97. The molecular formula is C15H18N4O4S. The zero-order chi connectivity index (χ0) is 17.3. The van der Waals surface area contributed by atoms with E-state index in [9.17, 15) is 18.0 Å². The van der Waals surface area contributed by atoms with Crippen molar-refractivity contribution in [1.82, 2.24) is 14.5 Å². The van der Waals surface area contributed by atoms with Crippen molar-refractivity contribution >= 4 is 26.8 Å². The Kier molecular flexibility index (Phi) is 4.37. The smallest absolute Gasteiger partial charge is 0.261 e. The number of benzene rings is 1. The van der Waals surface area contributed by atoms with Crippen molar-refractivity contribution in [3.63, 3.8) is 0 Å². The molecule has 0 unspecified atom stereocenters. The van der Waals surface area contributed by atoms with Crippen molar-refractivity contribution in [1.29, 1.82) is 0 Å². The summed E-state index contributed by atoms with van der Waals surface area (Å²) in [4.78, 5) is 30.5. The molecular weight excluding hydrogens is 332 g/mol. The van der Waals surface area contributed by atoms with E-state index in [1.165, 1.54) is 10.9 Å². The van der Waals surface area contributed by atoms with Gasteiger partial charge in [0.1, 0.15) is 6.54 Å². The second kappa shape index (κ2) is 6.33. The highest BCUT2D eigenvalue weighted by molar-refractivity contribution is 7.89. The molecule has 128 valence electrons. The summed E-state index contributed by atoms with van der Waals surface area (Å²) in [6.45, 7) is 0.693. The second-order valence-corrected chi connectivity index (χ2v) is 7.68. The Morgan fingerprint density at radius 2 is 2.08 bits per heavy atom. The molecule has 0 saturated carbocycles. The average molecular weight is 350 g/mol. The number of primary sulfonamides is 1. The first kappa shape index (κ1) is 16.6. The van der Waals surface area contributed by atoms with Crippen molar-refractivity contribution in [2.75, 3.05) is 18.8 Å². The van der Waals surface area contributed by atoms with Gasteiger partial charge in [0.25, 0.3) is 5.56 Å². The van der Waals surface area contributed by atoms with Crippen LogP contribution in [0.15, 0.2) is 35.4 Å². The monoisotopic (exact) mass is 350 g/mol. The van der Waals surface area contributed by atoms with Crippen LogP contribution in [-0.4, -0.2) is 47.6 Å². The van der Waals surface area contributed by atoms with E-state index < -0.39 is 10.0 Å². The summed E-state index contributed by atoms with van der Waals surface area (Å²) in [6.07, 6.45) is 1.95.